The van der Waals surface area contributed by atoms with E-state index < -0.39 is 6.04 Å². The van der Waals surface area contributed by atoms with Crippen molar-refractivity contribution in [3.63, 3.8) is 0 Å². The summed E-state index contributed by atoms with van der Waals surface area (Å²) in [6, 6.07) is 6.59. The summed E-state index contributed by atoms with van der Waals surface area (Å²) in [7, 11) is 0. The van der Waals surface area contributed by atoms with Gasteiger partial charge >= 0.3 is 0 Å². The fourth-order valence-corrected chi connectivity index (χ4v) is 1.43. The molecule has 0 spiro atoms. The summed E-state index contributed by atoms with van der Waals surface area (Å²) in [6.07, 6.45) is 3.06. The van der Waals surface area contributed by atoms with Crippen LogP contribution in [0.4, 0.5) is 5.69 Å². The van der Waals surface area contributed by atoms with E-state index in [0.29, 0.717) is 12.2 Å². The minimum atomic E-state index is -0.552. The van der Waals surface area contributed by atoms with Crippen LogP contribution < -0.4 is 16.4 Å². The van der Waals surface area contributed by atoms with Crippen molar-refractivity contribution in [3.05, 3.63) is 35.9 Å². The summed E-state index contributed by atoms with van der Waals surface area (Å²) in [5.41, 5.74) is 7.11. The van der Waals surface area contributed by atoms with Crippen LogP contribution in [0.1, 0.15) is 19.4 Å². The zero-order valence-corrected chi connectivity index (χ0v) is 11.1. The molecular weight excluding hydrogens is 242 g/mol. The summed E-state index contributed by atoms with van der Waals surface area (Å²) in [5, 5.41) is 5.22. The van der Waals surface area contributed by atoms with Crippen LogP contribution in [0.2, 0.25) is 0 Å². The SMILES string of the molecule is CCNC(=O)C(C)NC(=O)/C=C/c1ccc(N)cc1. The fourth-order valence-electron chi connectivity index (χ4n) is 1.43. The fraction of sp³-hybridized carbons (Fsp3) is 0.286. The van der Waals surface area contributed by atoms with Crippen LogP contribution in [0, 0.1) is 0 Å². The number of nitrogen functional groups attached to an aromatic ring is 1. The topological polar surface area (TPSA) is 84.2 Å². The Morgan fingerprint density at radius 1 is 1.32 bits per heavy atom. The molecule has 5 nitrogen and oxygen atoms in total. The molecule has 1 rings (SSSR count). The molecular formula is C14H19N3O2. The summed E-state index contributed by atoms with van der Waals surface area (Å²) in [6.45, 7) is 4.01. The van der Waals surface area contributed by atoms with Gasteiger partial charge in [-0.2, -0.15) is 0 Å². The minimum Gasteiger partial charge on any atom is -0.399 e. The Morgan fingerprint density at radius 2 is 1.95 bits per heavy atom. The predicted molar refractivity (Wildman–Crippen MR) is 76.2 cm³/mol. The molecule has 2 amide bonds. The average Bonchev–Trinajstić information content (AvgIpc) is 2.38. The third-order valence-electron chi connectivity index (χ3n) is 2.47. The van der Waals surface area contributed by atoms with Crippen LogP contribution in [-0.2, 0) is 9.59 Å². The van der Waals surface area contributed by atoms with Crippen LogP contribution in [0.3, 0.4) is 0 Å². The third kappa shape index (κ3) is 5.25. The summed E-state index contributed by atoms with van der Waals surface area (Å²) >= 11 is 0. The Kier molecular flexibility index (Phi) is 5.60. The number of amides is 2. The number of rotatable bonds is 5. The quantitative estimate of drug-likeness (QED) is 0.544. The van der Waals surface area contributed by atoms with Gasteiger partial charge in [0.15, 0.2) is 0 Å². The lowest BCUT2D eigenvalue weighted by Gasteiger charge is -2.11. The number of likely N-dealkylation sites (N-methyl/N-ethyl adjacent to an activating group) is 1. The molecule has 0 aliphatic rings. The van der Waals surface area contributed by atoms with E-state index in [1.54, 1.807) is 25.1 Å². The highest BCUT2D eigenvalue weighted by atomic mass is 16.2. The lowest BCUT2D eigenvalue weighted by atomic mass is 10.2. The molecule has 1 unspecified atom stereocenters. The van der Waals surface area contributed by atoms with Gasteiger partial charge in [0.1, 0.15) is 6.04 Å². The predicted octanol–water partition coefficient (Wildman–Crippen LogP) is 0.923. The Balaban J connectivity index is 2.51. The molecule has 0 radical (unpaired) electrons. The van der Waals surface area contributed by atoms with E-state index in [1.807, 2.05) is 19.1 Å². The third-order valence-corrected chi connectivity index (χ3v) is 2.47. The monoisotopic (exact) mass is 261 g/mol. The van der Waals surface area contributed by atoms with E-state index in [0.717, 1.165) is 5.56 Å². The average molecular weight is 261 g/mol. The second kappa shape index (κ2) is 7.20. The van der Waals surface area contributed by atoms with Gasteiger partial charge in [-0.1, -0.05) is 12.1 Å². The molecule has 0 saturated carbocycles. The summed E-state index contributed by atoms with van der Waals surface area (Å²) in [4.78, 5) is 23.0. The minimum absolute atomic E-state index is 0.197. The Bertz CT molecular complexity index is 466. The van der Waals surface area contributed by atoms with Gasteiger partial charge in [-0.25, -0.2) is 0 Å². The van der Waals surface area contributed by atoms with E-state index in [-0.39, 0.29) is 11.8 Å². The van der Waals surface area contributed by atoms with E-state index in [2.05, 4.69) is 10.6 Å². The largest absolute Gasteiger partial charge is 0.399 e. The van der Waals surface area contributed by atoms with Gasteiger partial charge < -0.3 is 16.4 Å². The van der Waals surface area contributed by atoms with Crippen LogP contribution in [0.15, 0.2) is 30.3 Å². The van der Waals surface area contributed by atoms with Gasteiger partial charge in [0.05, 0.1) is 0 Å². The Labute approximate surface area is 112 Å². The molecule has 0 aliphatic carbocycles. The zero-order chi connectivity index (χ0) is 14.3. The number of benzene rings is 1. The molecule has 4 N–H and O–H groups in total. The van der Waals surface area contributed by atoms with Crippen LogP contribution >= 0.6 is 0 Å². The smallest absolute Gasteiger partial charge is 0.244 e. The second-order valence-electron chi connectivity index (χ2n) is 4.12. The number of hydrogen-bond donors (Lipinski definition) is 3. The number of anilines is 1. The van der Waals surface area contributed by atoms with Crippen LogP contribution in [-0.4, -0.2) is 24.4 Å². The first-order valence-corrected chi connectivity index (χ1v) is 6.14. The molecule has 1 atom stereocenters. The van der Waals surface area contributed by atoms with Crippen LogP contribution in [0.25, 0.3) is 6.08 Å². The lowest BCUT2D eigenvalue weighted by molar-refractivity contribution is -0.126. The van der Waals surface area contributed by atoms with Gasteiger partial charge in [0.2, 0.25) is 11.8 Å². The molecule has 102 valence electrons. The molecule has 1 aromatic carbocycles. The first-order valence-electron chi connectivity index (χ1n) is 6.14. The van der Waals surface area contributed by atoms with Crippen molar-refractivity contribution in [1.29, 1.82) is 0 Å². The van der Waals surface area contributed by atoms with Crippen molar-refractivity contribution in [2.75, 3.05) is 12.3 Å². The molecule has 0 bridgehead atoms. The number of nitrogens with one attached hydrogen (secondary N) is 2. The van der Waals surface area contributed by atoms with Crippen molar-refractivity contribution in [3.8, 4) is 0 Å². The first kappa shape index (κ1) is 14.8. The van der Waals surface area contributed by atoms with Crippen molar-refractivity contribution in [1.82, 2.24) is 10.6 Å². The normalized spacial score (nSPS) is 12.1. The standard InChI is InChI=1S/C14H19N3O2/c1-3-16-14(19)10(2)17-13(18)9-6-11-4-7-12(15)8-5-11/h4-10H,3,15H2,1-2H3,(H,16,19)(H,17,18)/b9-6+. The van der Waals surface area contributed by atoms with Crippen molar-refractivity contribution in [2.24, 2.45) is 0 Å². The second-order valence-corrected chi connectivity index (χ2v) is 4.12. The molecule has 0 heterocycles. The van der Waals surface area contributed by atoms with Gasteiger partial charge in [-0.15, -0.1) is 0 Å². The van der Waals surface area contributed by atoms with Crippen molar-refractivity contribution >= 4 is 23.6 Å². The molecule has 0 fully saturated rings. The van der Waals surface area contributed by atoms with E-state index in [4.69, 9.17) is 5.73 Å². The number of hydrogen-bond acceptors (Lipinski definition) is 3. The molecule has 5 heteroatoms. The number of carbonyl (C=O) groups excluding carboxylic acids is 2. The lowest BCUT2D eigenvalue weighted by Crippen LogP contribution is -2.44. The van der Waals surface area contributed by atoms with E-state index >= 15 is 0 Å². The molecule has 0 aromatic heterocycles. The van der Waals surface area contributed by atoms with Crippen molar-refractivity contribution in [2.45, 2.75) is 19.9 Å². The highest BCUT2D eigenvalue weighted by Gasteiger charge is 2.12. The maximum Gasteiger partial charge on any atom is 0.244 e. The van der Waals surface area contributed by atoms with Gasteiger partial charge in [0, 0.05) is 18.3 Å². The molecule has 0 saturated heterocycles. The molecule has 19 heavy (non-hydrogen) atoms. The van der Waals surface area contributed by atoms with E-state index in [1.165, 1.54) is 6.08 Å². The van der Waals surface area contributed by atoms with Gasteiger partial charge in [-0.05, 0) is 37.6 Å². The summed E-state index contributed by atoms with van der Waals surface area (Å²) in [5.74, 6) is -0.507. The highest BCUT2D eigenvalue weighted by Crippen LogP contribution is 2.06. The Hall–Kier alpha value is -2.30. The summed E-state index contributed by atoms with van der Waals surface area (Å²) < 4.78 is 0. The number of nitrogens with two attached hydrogens (primary N) is 1. The van der Waals surface area contributed by atoms with Gasteiger partial charge in [-0.3, -0.25) is 9.59 Å². The van der Waals surface area contributed by atoms with E-state index in [9.17, 15) is 9.59 Å². The maximum absolute atomic E-state index is 11.6. The van der Waals surface area contributed by atoms with Crippen molar-refractivity contribution < 1.29 is 9.59 Å². The maximum atomic E-state index is 11.6. The van der Waals surface area contributed by atoms with Gasteiger partial charge in [0.25, 0.3) is 0 Å². The Morgan fingerprint density at radius 3 is 2.53 bits per heavy atom. The highest BCUT2D eigenvalue weighted by molar-refractivity contribution is 5.95. The van der Waals surface area contributed by atoms with Crippen LogP contribution in [0.5, 0.6) is 0 Å². The molecule has 1 aromatic rings. The number of carbonyl (C=O) groups is 2. The molecule has 0 aliphatic heterocycles. The zero-order valence-electron chi connectivity index (χ0n) is 11.1. The first-order chi connectivity index (χ1) is 9.02.